The van der Waals surface area contributed by atoms with Crippen LogP contribution in [-0.4, -0.2) is 15.8 Å². The van der Waals surface area contributed by atoms with Crippen LogP contribution in [-0.2, 0) is 6.61 Å². The van der Waals surface area contributed by atoms with Gasteiger partial charge in [-0.1, -0.05) is 42.5 Å². The van der Waals surface area contributed by atoms with Gasteiger partial charge in [0, 0.05) is 6.07 Å². The quantitative estimate of drug-likeness (QED) is 0.470. The molecule has 9 nitrogen and oxygen atoms in total. The minimum Gasteiger partial charge on any atom is -0.487 e. The molecule has 0 spiro atoms. The standard InChI is InChI=1S/C20H15N3O6/c24-20(16-11-10-15(22(25)26)12-18(16)23(27)28)21-17-8-4-5-9-19(17)29-13-14-6-2-1-3-7-14/h1-12H,13H2,(H,21,24). The van der Waals surface area contributed by atoms with Crippen molar-refractivity contribution in [2.75, 3.05) is 5.32 Å². The fourth-order valence-corrected chi connectivity index (χ4v) is 2.60. The van der Waals surface area contributed by atoms with Gasteiger partial charge in [-0.15, -0.1) is 0 Å². The predicted molar refractivity (Wildman–Crippen MR) is 105 cm³/mol. The van der Waals surface area contributed by atoms with Gasteiger partial charge >= 0.3 is 0 Å². The maximum atomic E-state index is 12.6. The number of nitro groups is 2. The van der Waals surface area contributed by atoms with Crippen molar-refractivity contribution < 1.29 is 19.4 Å². The number of hydrogen-bond donors (Lipinski definition) is 1. The van der Waals surface area contributed by atoms with E-state index in [-0.39, 0.29) is 12.2 Å². The molecular weight excluding hydrogens is 378 g/mol. The summed E-state index contributed by atoms with van der Waals surface area (Å²) in [5.41, 5.74) is -0.168. The number of ether oxygens (including phenoxy) is 1. The lowest BCUT2D eigenvalue weighted by molar-refractivity contribution is -0.394. The van der Waals surface area contributed by atoms with E-state index in [1.165, 1.54) is 0 Å². The maximum absolute atomic E-state index is 12.6. The summed E-state index contributed by atoms with van der Waals surface area (Å²) in [7, 11) is 0. The van der Waals surface area contributed by atoms with E-state index in [1.54, 1.807) is 24.3 Å². The largest absolute Gasteiger partial charge is 0.487 e. The number of amides is 1. The van der Waals surface area contributed by atoms with Crippen LogP contribution in [0, 0.1) is 20.2 Å². The van der Waals surface area contributed by atoms with Gasteiger partial charge in [-0.3, -0.25) is 25.0 Å². The van der Waals surface area contributed by atoms with Crippen molar-refractivity contribution in [1.29, 1.82) is 0 Å². The smallest absolute Gasteiger partial charge is 0.289 e. The van der Waals surface area contributed by atoms with E-state index in [1.807, 2.05) is 30.3 Å². The number of nitro benzene ring substituents is 2. The van der Waals surface area contributed by atoms with Gasteiger partial charge in [0.2, 0.25) is 0 Å². The lowest BCUT2D eigenvalue weighted by atomic mass is 10.1. The molecule has 0 bridgehead atoms. The van der Waals surface area contributed by atoms with Crippen molar-refractivity contribution in [3.63, 3.8) is 0 Å². The molecule has 0 aromatic heterocycles. The number of carbonyl (C=O) groups excluding carboxylic acids is 1. The summed E-state index contributed by atoms with van der Waals surface area (Å²) in [4.78, 5) is 33.1. The molecule has 3 aromatic rings. The monoisotopic (exact) mass is 393 g/mol. The van der Waals surface area contributed by atoms with Crippen molar-refractivity contribution >= 4 is 23.0 Å². The van der Waals surface area contributed by atoms with Crippen LogP contribution in [0.3, 0.4) is 0 Å². The van der Waals surface area contributed by atoms with E-state index in [2.05, 4.69) is 5.32 Å². The highest BCUT2D eigenvalue weighted by Crippen LogP contribution is 2.28. The van der Waals surface area contributed by atoms with E-state index in [0.717, 1.165) is 23.8 Å². The number of hydrogen-bond acceptors (Lipinski definition) is 6. The van der Waals surface area contributed by atoms with Gasteiger partial charge in [-0.05, 0) is 23.8 Å². The number of nitrogens with zero attached hydrogens (tertiary/aromatic N) is 2. The third-order valence-corrected chi connectivity index (χ3v) is 4.01. The molecule has 1 amide bonds. The SMILES string of the molecule is O=C(Nc1ccccc1OCc1ccccc1)c1ccc([N+](=O)[O-])cc1[N+](=O)[O-]. The lowest BCUT2D eigenvalue weighted by Gasteiger charge is -2.12. The van der Waals surface area contributed by atoms with Gasteiger partial charge in [0.25, 0.3) is 17.3 Å². The summed E-state index contributed by atoms with van der Waals surface area (Å²) in [6.07, 6.45) is 0. The molecule has 0 aliphatic carbocycles. The van der Waals surface area contributed by atoms with Crippen LogP contribution in [0.1, 0.15) is 15.9 Å². The zero-order chi connectivity index (χ0) is 20.8. The molecule has 0 radical (unpaired) electrons. The number of carbonyl (C=O) groups is 1. The van der Waals surface area contributed by atoms with Crippen LogP contribution >= 0.6 is 0 Å². The van der Waals surface area contributed by atoms with Crippen LogP contribution in [0.15, 0.2) is 72.8 Å². The zero-order valence-corrected chi connectivity index (χ0v) is 15.0. The molecule has 0 aliphatic heterocycles. The molecule has 0 saturated heterocycles. The molecule has 9 heteroatoms. The Balaban J connectivity index is 1.82. The summed E-state index contributed by atoms with van der Waals surface area (Å²) < 4.78 is 5.75. The molecule has 3 aromatic carbocycles. The van der Waals surface area contributed by atoms with E-state index in [4.69, 9.17) is 4.74 Å². The highest BCUT2D eigenvalue weighted by molar-refractivity contribution is 6.07. The Bertz CT molecular complexity index is 1070. The van der Waals surface area contributed by atoms with Crippen molar-refractivity contribution in [2.24, 2.45) is 0 Å². The van der Waals surface area contributed by atoms with E-state index in [9.17, 15) is 25.0 Å². The Morgan fingerprint density at radius 1 is 0.897 bits per heavy atom. The highest BCUT2D eigenvalue weighted by atomic mass is 16.6. The molecule has 146 valence electrons. The van der Waals surface area contributed by atoms with Crippen LogP contribution in [0.4, 0.5) is 17.1 Å². The van der Waals surface area contributed by atoms with Crippen LogP contribution < -0.4 is 10.1 Å². The summed E-state index contributed by atoms with van der Waals surface area (Å²) in [6.45, 7) is 0.269. The summed E-state index contributed by atoms with van der Waals surface area (Å²) in [6, 6.07) is 18.9. The Kier molecular flexibility index (Phi) is 5.79. The summed E-state index contributed by atoms with van der Waals surface area (Å²) >= 11 is 0. The average molecular weight is 393 g/mol. The molecule has 0 atom stereocenters. The number of non-ortho nitro benzene ring substituents is 1. The normalized spacial score (nSPS) is 10.2. The third-order valence-electron chi connectivity index (χ3n) is 4.01. The average Bonchev–Trinajstić information content (AvgIpc) is 2.73. The first kappa shape index (κ1) is 19.5. The van der Waals surface area contributed by atoms with Gasteiger partial charge in [0.05, 0.1) is 21.6 Å². The van der Waals surface area contributed by atoms with Crippen molar-refractivity contribution in [1.82, 2.24) is 0 Å². The second kappa shape index (κ2) is 8.61. The minimum absolute atomic E-state index is 0.269. The minimum atomic E-state index is -0.834. The molecular formula is C20H15N3O6. The highest BCUT2D eigenvalue weighted by Gasteiger charge is 2.24. The van der Waals surface area contributed by atoms with Gasteiger partial charge in [-0.25, -0.2) is 0 Å². The van der Waals surface area contributed by atoms with Gasteiger partial charge in [0.15, 0.2) is 0 Å². The molecule has 3 rings (SSSR count). The molecule has 0 heterocycles. The first-order valence-electron chi connectivity index (χ1n) is 8.45. The second-order valence-corrected chi connectivity index (χ2v) is 5.94. The fourth-order valence-electron chi connectivity index (χ4n) is 2.60. The molecule has 0 fully saturated rings. The van der Waals surface area contributed by atoms with Gasteiger partial charge < -0.3 is 10.1 Å². The molecule has 29 heavy (non-hydrogen) atoms. The van der Waals surface area contributed by atoms with Gasteiger partial charge in [-0.2, -0.15) is 0 Å². The van der Waals surface area contributed by atoms with Gasteiger partial charge in [0.1, 0.15) is 17.9 Å². The number of anilines is 1. The number of rotatable bonds is 7. The molecule has 0 unspecified atom stereocenters. The predicted octanol–water partition coefficient (Wildman–Crippen LogP) is 4.33. The van der Waals surface area contributed by atoms with Crippen molar-refractivity contribution in [3.05, 3.63) is 104 Å². The third kappa shape index (κ3) is 4.72. The second-order valence-electron chi connectivity index (χ2n) is 5.94. The maximum Gasteiger partial charge on any atom is 0.289 e. The van der Waals surface area contributed by atoms with Crippen LogP contribution in [0.5, 0.6) is 5.75 Å². The van der Waals surface area contributed by atoms with Crippen molar-refractivity contribution in [2.45, 2.75) is 6.61 Å². The Labute approximate surface area is 164 Å². The number of benzene rings is 3. The van der Waals surface area contributed by atoms with Crippen LogP contribution in [0.25, 0.3) is 0 Å². The Morgan fingerprint density at radius 3 is 2.28 bits per heavy atom. The first-order chi connectivity index (χ1) is 14.0. The van der Waals surface area contributed by atoms with E-state index in [0.29, 0.717) is 11.4 Å². The Morgan fingerprint density at radius 2 is 1.59 bits per heavy atom. The Hall–Kier alpha value is -4.27. The van der Waals surface area contributed by atoms with E-state index < -0.39 is 27.1 Å². The number of para-hydroxylation sites is 2. The topological polar surface area (TPSA) is 125 Å². The lowest BCUT2D eigenvalue weighted by Crippen LogP contribution is -2.15. The molecule has 1 N–H and O–H groups in total. The zero-order valence-electron chi connectivity index (χ0n) is 15.0. The first-order valence-corrected chi connectivity index (χ1v) is 8.45. The fraction of sp³-hybridized carbons (Fsp3) is 0.0500. The molecule has 0 saturated carbocycles. The van der Waals surface area contributed by atoms with Crippen LogP contribution in [0.2, 0.25) is 0 Å². The summed E-state index contributed by atoms with van der Waals surface area (Å²) in [5.74, 6) is -0.392. The summed E-state index contributed by atoms with van der Waals surface area (Å²) in [5, 5.41) is 24.7. The molecule has 0 aliphatic rings. The van der Waals surface area contributed by atoms with E-state index >= 15 is 0 Å². The number of nitrogens with one attached hydrogen (secondary N) is 1. The van der Waals surface area contributed by atoms with Crippen molar-refractivity contribution in [3.8, 4) is 5.75 Å².